The van der Waals surface area contributed by atoms with Crippen LogP contribution in [0.4, 0.5) is 13.2 Å². The Morgan fingerprint density at radius 1 is 1.16 bits per heavy atom. The number of esters is 1. The van der Waals surface area contributed by atoms with Crippen LogP contribution in [0.5, 0.6) is 11.5 Å². The topological polar surface area (TPSA) is 79.1 Å². The molecule has 0 spiro atoms. The van der Waals surface area contributed by atoms with Crippen molar-refractivity contribution in [3.05, 3.63) is 89.6 Å². The number of carbonyl (C=O) groups excluding carboxylic acids is 1. The van der Waals surface area contributed by atoms with Crippen LogP contribution in [-0.4, -0.2) is 37.0 Å². The molecule has 1 atom stereocenters. The van der Waals surface area contributed by atoms with E-state index in [-0.39, 0.29) is 21.5 Å². The third kappa shape index (κ3) is 5.21. The quantitative estimate of drug-likeness (QED) is 0.396. The standard InChI is InChI=1S/C26H22ClF3N2O5S/c1-4-36-21-15(7-6-8-17(21)35-3)13-18-23(33)32-20(14-9-11-16(27)12-10-14)19(24(34)37-5-2)22(26(28,29)30)31-25(32)38-18/h6-13,20H,4-5H2,1-3H3/b18-13-/t20-/m0/s1. The Labute approximate surface area is 224 Å². The first-order valence-corrected chi connectivity index (χ1v) is 12.7. The number of hydrogen-bond donors (Lipinski definition) is 0. The van der Waals surface area contributed by atoms with E-state index in [1.807, 2.05) is 0 Å². The third-order valence-electron chi connectivity index (χ3n) is 5.59. The van der Waals surface area contributed by atoms with E-state index in [1.165, 1.54) is 44.4 Å². The zero-order valence-corrected chi connectivity index (χ0v) is 22.0. The number of methoxy groups -OCH3 is 1. The zero-order valence-electron chi connectivity index (χ0n) is 20.5. The molecular formula is C26H22ClF3N2O5S. The molecule has 1 aromatic heterocycles. The third-order valence-corrected chi connectivity index (χ3v) is 6.82. The first kappa shape index (κ1) is 27.5. The summed E-state index contributed by atoms with van der Waals surface area (Å²) in [5.41, 5.74) is -2.11. The first-order chi connectivity index (χ1) is 18.1. The molecule has 1 aliphatic rings. The number of alkyl halides is 3. The summed E-state index contributed by atoms with van der Waals surface area (Å²) in [6, 6.07) is 9.47. The van der Waals surface area contributed by atoms with Crippen LogP contribution in [0.1, 0.15) is 31.0 Å². The van der Waals surface area contributed by atoms with Gasteiger partial charge in [0.25, 0.3) is 5.56 Å². The van der Waals surface area contributed by atoms with Gasteiger partial charge in [0, 0.05) is 10.6 Å². The summed E-state index contributed by atoms with van der Waals surface area (Å²) >= 11 is 6.76. The van der Waals surface area contributed by atoms with Crippen molar-refractivity contribution in [3.63, 3.8) is 0 Å². The van der Waals surface area contributed by atoms with Crippen molar-refractivity contribution >= 4 is 35.0 Å². The number of para-hydroxylation sites is 1. The minimum Gasteiger partial charge on any atom is -0.493 e. The van der Waals surface area contributed by atoms with Crippen molar-refractivity contribution in [1.82, 2.24) is 4.57 Å². The molecule has 3 aromatic rings. The number of carbonyl (C=O) groups is 1. The summed E-state index contributed by atoms with van der Waals surface area (Å²) in [5, 5.41) is 0.334. The van der Waals surface area contributed by atoms with Crippen LogP contribution in [-0.2, 0) is 9.53 Å². The molecule has 0 amide bonds. The van der Waals surface area contributed by atoms with Crippen molar-refractivity contribution in [1.29, 1.82) is 0 Å². The summed E-state index contributed by atoms with van der Waals surface area (Å²) in [5.74, 6) is -0.415. The van der Waals surface area contributed by atoms with Crippen LogP contribution in [0.3, 0.4) is 0 Å². The SMILES string of the molecule is CCOC(=O)C1=C(C(F)(F)F)N=c2s/c(=C\c3cccc(OC)c3OCC)c(=O)n2[C@H]1c1ccc(Cl)cc1. The summed E-state index contributed by atoms with van der Waals surface area (Å²) < 4.78 is 59.8. The Morgan fingerprint density at radius 3 is 2.47 bits per heavy atom. The number of thiazole rings is 1. The molecule has 7 nitrogen and oxygen atoms in total. The van der Waals surface area contributed by atoms with Gasteiger partial charge in [0.15, 0.2) is 22.0 Å². The van der Waals surface area contributed by atoms with Gasteiger partial charge in [-0.05, 0) is 43.7 Å². The summed E-state index contributed by atoms with van der Waals surface area (Å²) in [7, 11) is 1.47. The number of allylic oxidation sites excluding steroid dienone is 1. The second kappa shape index (κ2) is 11.0. The van der Waals surface area contributed by atoms with E-state index >= 15 is 0 Å². The Hall–Kier alpha value is -3.57. The van der Waals surface area contributed by atoms with E-state index in [2.05, 4.69) is 4.99 Å². The van der Waals surface area contributed by atoms with Crippen LogP contribution in [0, 0.1) is 0 Å². The molecule has 2 heterocycles. The second-order valence-electron chi connectivity index (χ2n) is 7.93. The summed E-state index contributed by atoms with van der Waals surface area (Å²) in [6.45, 7) is 3.41. The molecule has 12 heteroatoms. The summed E-state index contributed by atoms with van der Waals surface area (Å²) in [6.07, 6.45) is -3.49. The van der Waals surface area contributed by atoms with Crippen molar-refractivity contribution < 1.29 is 32.2 Å². The highest BCUT2D eigenvalue weighted by molar-refractivity contribution is 7.07. The Bertz CT molecular complexity index is 1580. The van der Waals surface area contributed by atoms with Gasteiger partial charge in [0.05, 0.1) is 36.5 Å². The first-order valence-electron chi connectivity index (χ1n) is 11.5. The molecule has 0 aliphatic carbocycles. The van der Waals surface area contributed by atoms with Crippen LogP contribution < -0.4 is 24.4 Å². The van der Waals surface area contributed by atoms with Crippen LogP contribution in [0.2, 0.25) is 5.02 Å². The molecule has 200 valence electrons. The van der Waals surface area contributed by atoms with Gasteiger partial charge >= 0.3 is 12.1 Å². The largest absolute Gasteiger partial charge is 0.493 e. The zero-order chi connectivity index (χ0) is 27.6. The lowest BCUT2D eigenvalue weighted by Gasteiger charge is -2.26. The van der Waals surface area contributed by atoms with E-state index in [9.17, 15) is 22.8 Å². The highest BCUT2D eigenvalue weighted by Gasteiger charge is 2.45. The smallest absolute Gasteiger partial charge is 0.434 e. The molecule has 1 aliphatic heterocycles. The van der Waals surface area contributed by atoms with Crippen LogP contribution >= 0.6 is 22.9 Å². The molecular weight excluding hydrogens is 545 g/mol. The van der Waals surface area contributed by atoms with Gasteiger partial charge in [0.1, 0.15) is 0 Å². The van der Waals surface area contributed by atoms with E-state index in [0.29, 0.717) is 28.7 Å². The minimum atomic E-state index is -4.99. The van der Waals surface area contributed by atoms with Gasteiger partial charge in [-0.3, -0.25) is 9.36 Å². The van der Waals surface area contributed by atoms with Gasteiger partial charge in [-0.15, -0.1) is 0 Å². The molecule has 0 bridgehead atoms. The number of rotatable bonds is 7. The number of aromatic nitrogens is 1. The van der Waals surface area contributed by atoms with Crippen molar-refractivity contribution in [2.75, 3.05) is 20.3 Å². The van der Waals surface area contributed by atoms with Crippen LogP contribution in [0.25, 0.3) is 6.08 Å². The fourth-order valence-corrected chi connectivity index (χ4v) is 5.17. The Kier molecular flexibility index (Phi) is 7.98. The number of halogens is 4. The molecule has 0 fully saturated rings. The Balaban J connectivity index is 2.05. The molecule has 0 saturated heterocycles. The van der Waals surface area contributed by atoms with Crippen molar-refractivity contribution in [2.45, 2.75) is 26.1 Å². The molecule has 0 unspecified atom stereocenters. The monoisotopic (exact) mass is 566 g/mol. The average molecular weight is 567 g/mol. The molecule has 38 heavy (non-hydrogen) atoms. The molecule has 0 saturated carbocycles. The van der Waals surface area contributed by atoms with Gasteiger partial charge in [-0.1, -0.05) is 47.2 Å². The lowest BCUT2D eigenvalue weighted by Crippen LogP contribution is -2.41. The number of benzene rings is 2. The van der Waals surface area contributed by atoms with Crippen molar-refractivity contribution in [2.24, 2.45) is 4.99 Å². The molecule has 4 rings (SSSR count). The number of hydrogen-bond acceptors (Lipinski definition) is 7. The highest BCUT2D eigenvalue weighted by Crippen LogP contribution is 2.38. The van der Waals surface area contributed by atoms with E-state index in [0.717, 1.165) is 15.9 Å². The fourth-order valence-electron chi connectivity index (χ4n) is 4.05. The fraction of sp³-hybridized carbons (Fsp3) is 0.269. The average Bonchev–Trinajstić information content (AvgIpc) is 3.19. The van der Waals surface area contributed by atoms with E-state index in [4.69, 9.17) is 25.8 Å². The highest BCUT2D eigenvalue weighted by atomic mass is 35.5. The van der Waals surface area contributed by atoms with Gasteiger partial charge in [-0.2, -0.15) is 13.2 Å². The van der Waals surface area contributed by atoms with Gasteiger partial charge < -0.3 is 14.2 Å². The second-order valence-corrected chi connectivity index (χ2v) is 9.37. The number of fused-ring (bicyclic) bond motifs is 1. The normalized spacial score (nSPS) is 15.7. The number of nitrogens with zero attached hydrogens (tertiary/aromatic N) is 2. The predicted molar refractivity (Wildman–Crippen MR) is 136 cm³/mol. The van der Waals surface area contributed by atoms with Crippen LogP contribution in [0.15, 0.2) is 63.5 Å². The van der Waals surface area contributed by atoms with Gasteiger partial charge in [-0.25, -0.2) is 9.79 Å². The molecule has 2 aromatic carbocycles. The maximum Gasteiger partial charge on any atom is 0.434 e. The maximum absolute atomic E-state index is 14.2. The molecule has 0 N–H and O–H groups in total. The Morgan fingerprint density at radius 2 is 1.87 bits per heavy atom. The van der Waals surface area contributed by atoms with E-state index < -0.39 is 35.0 Å². The summed E-state index contributed by atoms with van der Waals surface area (Å²) in [4.78, 5) is 30.1. The molecule has 0 radical (unpaired) electrons. The maximum atomic E-state index is 14.2. The van der Waals surface area contributed by atoms with Crippen molar-refractivity contribution in [3.8, 4) is 11.5 Å². The lowest BCUT2D eigenvalue weighted by molar-refractivity contribution is -0.140. The predicted octanol–water partition coefficient (Wildman–Crippen LogP) is 4.40. The van der Waals surface area contributed by atoms with Gasteiger partial charge in [0.2, 0.25) is 0 Å². The minimum absolute atomic E-state index is 0.0866. The number of ether oxygens (including phenoxy) is 3. The lowest BCUT2D eigenvalue weighted by atomic mass is 9.95. The van der Waals surface area contributed by atoms with E-state index in [1.54, 1.807) is 25.1 Å².